The van der Waals surface area contributed by atoms with Crippen molar-refractivity contribution in [1.29, 1.82) is 5.26 Å². The summed E-state index contributed by atoms with van der Waals surface area (Å²) in [5, 5.41) is 21.7. The molecule has 1 atom stereocenters. The summed E-state index contributed by atoms with van der Waals surface area (Å²) in [7, 11) is 0. The summed E-state index contributed by atoms with van der Waals surface area (Å²) >= 11 is 3.39. The van der Waals surface area contributed by atoms with Gasteiger partial charge in [-0.25, -0.2) is 0 Å². The predicted molar refractivity (Wildman–Crippen MR) is 103 cm³/mol. The zero-order valence-electron chi connectivity index (χ0n) is 15.4. The fourth-order valence-electron chi connectivity index (χ4n) is 3.15. The van der Waals surface area contributed by atoms with Gasteiger partial charge in [-0.15, -0.1) is 10.2 Å². The smallest absolute Gasteiger partial charge is 0.246 e. The lowest BCUT2D eigenvalue weighted by Crippen LogP contribution is -2.53. The van der Waals surface area contributed by atoms with Crippen LogP contribution in [0.4, 0.5) is 0 Å². The standard InChI is InChI=1S/C18H22BrN7O/c1-13(2)16(11-20)24-7-9-25(10-8-24)17(27)12-26-22-18(21-23-26)14-3-5-15(19)6-4-14/h3-6,13,16H,7-10,12H2,1-2H3. The van der Waals surface area contributed by atoms with Crippen LogP contribution in [-0.4, -0.2) is 68.1 Å². The van der Waals surface area contributed by atoms with E-state index >= 15 is 0 Å². The largest absolute Gasteiger partial charge is 0.338 e. The van der Waals surface area contributed by atoms with Gasteiger partial charge in [-0.05, 0) is 35.4 Å². The maximum Gasteiger partial charge on any atom is 0.246 e. The molecule has 27 heavy (non-hydrogen) atoms. The zero-order chi connectivity index (χ0) is 19.4. The van der Waals surface area contributed by atoms with E-state index in [1.807, 2.05) is 38.1 Å². The van der Waals surface area contributed by atoms with Crippen molar-refractivity contribution in [2.45, 2.75) is 26.4 Å². The first-order chi connectivity index (χ1) is 13.0. The van der Waals surface area contributed by atoms with Crippen LogP contribution in [0.15, 0.2) is 28.7 Å². The quantitative estimate of drug-likeness (QED) is 0.716. The number of nitriles is 1. The fraction of sp³-hybridized carbons (Fsp3) is 0.500. The van der Waals surface area contributed by atoms with Crippen LogP contribution < -0.4 is 0 Å². The monoisotopic (exact) mass is 431 g/mol. The molecule has 1 saturated heterocycles. The normalized spacial score (nSPS) is 16.3. The van der Waals surface area contributed by atoms with Gasteiger partial charge >= 0.3 is 0 Å². The summed E-state index contributed by atoms with van der Waals surface area (Å²) in [6, 6.07) is 9.87. The molecular weight excluding hydrogens is 410 g/mol. The van der Waals surface area contributed by atoms with Crippen molar-refractivity contribution in [2.24, 2.45) is 5.92 Å². The first-order valence-corrected chi connectivity index (χ1v) is 9.72. The molecule has 0 radical (unpaired) electrons. The highest BCUT2D eigenvalue weighted by Crippen LogP contribution is 2.17. The van der Waals surface area contributed by atoms with Crippen LogP contribution in [-0.2, 0) is 11.3 Å². The lowest BCUT2D eigenvalue weighted by atomic mass is 10.0. The van der Waals surface area contributed by atoms with Crippen LogP contribution in [0.1, 0.15) is 13.8 Å². The van der Waals surface area contributed by atoms with Crippen molar-refractivity contribution in [3.63, 3.8) is 0 Å². The number of hydrogen-bond acceptors (Lipinski definition) is 6. The Labute approximate surface area is 166 Å². The molecular formula is C18H22BrN7O. The van der Waals surface area contributed by atoms with E-state index in [1.165, 1.54) is 4.80 Å². The highest BCUT2D eigenvalue weighted by atomic mass is 79.9. The Hall–Kier alpha value is -2.31. The first-order valence-electron chi connectivity index (χ1n) is 8.93. The van der Waals surface area contributed by atoms with Gasteiger partial charge in [0.15, 0.2) is 0 Å². The van der Waals surface area contributed by atoms with Crippen molar-refractivity contribution < 1.29 is 4.79 Å². The molecule has 9 heteroatoms. The highest BCUT2D eigenvalue weighted by Gasteiger charge is 2.28. The van der Waals surface area contributed by atoms with E-state index in [2.05, 4.69) is 42.3 Å². The Morgan fingerprint density at radius 1 is 1.22 bits per heavy atom. The molecule has 1 aliphatic heterocycles. The van der Waals surface area contributed by atoms with Gasteiger partial charge in [-0.2, -0.15) is 10.1 Å². The Bertz CT molecular complexity index is 819. The number of rotatable bonds is 5. The number of benzene rings is 1. The van der Waals surface area contributed by atoms with Gasteiger partial charge in [0.2, 0.25) is 11.7 Å². The van der Waals surface area contributed by atoms with Crippen LogP contribution in [0.5, 0.6) is 0 Å². The number of carbonyl (C=O) groups excluding carboxylic acids is 1. The molecule has 1 aromatic heterocycles. The Morgan fingerprint density at radius 2 is 1.89 bits per heavy atom. The van der Waals surface area contributed by atoms with Gasteiger partial charge in [0.1, 0.15) is 12.6 Å². The van der Waals surface area contributed by atoms with Gasteiger partial charge in [-0.3, -0.25) is 9.69 Å². The number of halogens is 1. The van der Waals surface area contributed by atoms with Crippen LogP contribution in [0.2, 0.25) is 0 Å². The van der Waals surface area contributed by atoms with Crippen molar-refractivity contribution >= 4 is 21.8 Å². The summed E-state index contributed by atoms with van der Waals surface area (Å²) in [4.78, 5) is 17.8. The molecule has 1 fully saturated rings. The highest BCUT2D eigenvalue weighted by molar-refractivity contribution is 9.10. The SMILES string of the molecule is CC(C)C(C#N)N1CCN(C(=O)Cn2nnc(-c3ccc(Br)cc3)n2)CC1. The number of hydrogen-bond donors (Lipinski definition) is 0. The number of nitrogens with zero attached hydrogens (tertiary/aromatic N) is 7. The molecule has 0 spiro atoms. The minimum Gasteiger partial charge on any atom is -0.338 e. The lowest BCUT2D eigenvalue weighted by Gasteiger charge is -2.38. The molecule has 0 bridgehead atoms. The zero-order valence-corrected chi connectivity index (χ0v) is 17.0. The maximum atomic E-state index is 12.5. The molecule has 3 rings (SSSR count). The van der Waals surface area contributed by atoms with E-state index in [0.29, 0.717) is 32.0 Å². The molecule has 2 aromatic rings. The van der Waals surface area contributed by atoms with Crippen LogP contribution in [0, 0.1) is 17.2 Å². The van der Waals surface area contributed by atoms with Crippen LogP contribution in [0.25, 0.3) is 11.4 Å². The van der Waals surface area contributed by atoms with E-state index < -0.39 is 0 Å². The molecule has 0 N–H and O–H groups in total. The second-order valence-electron chi connectivity index (χ2n) is 6.89. The van der Waals surface area contributed by atoms with Crippen LogP contribution >= 0.6 is 15.9 Å². The molecule has 1 aromatic carbocycles. The summed E-state index contributed by atoms with van der Waals surface area (Å²) in [6.45, 7) is 6.79. The number of carbonyl (C=O) groups is 1. The Morgan fingerprint density at radius 3 is 2.48 bits per heavy atom. The molecule has 0 aliphatic carbocycles. The second kappa shape index (κ2) is 8.59. The fourth-order valence-corrected chi connectivity index (χ4v) is 3.41. The average Bonchev–Trinajstić information content (AvgIpc) is 3.11. The summed E-state index contributed by atoms with van der Waals surface area (Å²) < 4.78 is 0.976. The molecule has 1 aliphatic rings. The Balaban J connectivity index is 1.56. The minimum absolute atomic E-state index is 0.0348. The summed E-state index contributed by atoms with van der Waals surface area (Å²) in [5.41, 5.74) is 0.849. The van der Waals surface area contributed by atoms with Crippen molar-refractivity contribution in [3.8, 4) is 17.5 Å². The third kappa shape index (κ3) is 4.70. The molecule has 1 unspecified atom stereocenters. The summed E-state index contributed by atoms with van der Waals surface area (Å²) in [6.07, 6.45) is 0. The van der Waals surface area contributed by atoms with E-state index in [4.69, 9.17) is 0 Å². The number of amides is 1. The van der Waals surface area contributed by atoms with E-state index in [9.17, 15) is 10.1 Å². The molecule has 2 heterocycles. The molecule has 8 nitrogen and oxygen atoms in total. The number of tetrazole rings is 1. The minimum atomic E-state index is -0.104. The van der Waals surface area contributed by atoms with E-state index in [-0.39, 0.29) is 24.4 Å². The average molecular weight is 432 g/mol. The van der Waals surface area contributed by atoms with Gasteiger partial charge in [0.25, 0.3) is 0 Å². The number of aromatic nitrogens is 4. The van der Waals surface area contributed by atoms with Crippen LogP contribution in [0.3, 0.4) is 0 Å². The van der Waals surface area contributed by atoms with Gasteiger partial charge in [0.05, 0.1) is 6.07 Å². The maximum absolute atomic E-state index is 12.5. The van der Waals surface area contributed by atoms with Crippen molar-refractivity contribution in [3.05, 3.63) is 28.7 Å². The van der Waals surface area contributed by atoms with Gasteiger partial charge < -0.3 is 4.90 Å². The molecule has 1 amide bonds. The van der Waals surface area contributed by atoms with Crippen molar-refractivity contribution in [1.82, 2.24) is 30.0 Å². The Kier molecular flexibility index (Phi) is 6.19. The van der Waals surface area contributed by atoms with Gasteiger partial charge in [-0.1, -0.05) is 29.8 Å². The predicted octanol–water partition coefficient (Wildman–Crippen LogP) is 1.79. The number of piperazine rings is 1. The summed E-state index contributed by atoms with van der Waals surface area (Å²) in [5.74, 6) is 0.731. The lowest BCUT2D eigenvalue weighted by molar-refractivity contribution is -0.134. The topological polar surface area (TPSA) is 90.9 Å². The van der Waals surface area contributed by atoms with E-state index in [0.717, 1.165) is 10.0 Å². The third-order valence-corrected chi connectivity index (χ3v) is 5.18. The van der Waals surface area contributed by atoms with Gasteiger partial charge in [0, 0.05) is 36.2 Å². The van der Waals surface area contributed by atoms with E-state index in [1.54, 1.807) is 4.90 Å². The first kappa shape index (κ1) is 19.5. The third-order valence-electron chi connectivity index (χ3n) is 4.66. The molecule has 0 saturated carbocycles. The van der Waals surface area contributed by atoms with Crippen molar-refractivity contribution in [2.75, 3.05) is 26.2 Å². The second-order valence-corrected chi connectivity index (χ2v) is 7.80. The molecule has 142 valence electrons.